The molecule has 158 valence electrons. The zero-order valence-electron chi connectivity index (χ0n) is 17.7. The van der Waals surface area contributed by atoms with Crippen LogP contribution in [-0.4, -0.2) is 46.3 Å². The number of carbonyl (C=O) groups excluding carboxylic acids is 1. The quantitative estimate of drug-likeness (QED) is 0.224. The van der Waals surface area contributed by atoms with E-state index in [1.807, 2.05) is 36.4 Å². The second-order valence-electron chi connectivity index (χ2n) is 8.29. The van der Waals surface area contributed by atoms with Gasteiger partial charge in [0, 0.05) is 4.91 Å². The van der Waals surface area contributed by atoms with Gasteiger partial charge in [-0.1, -0.05) is 86.5 Å². The van der Waals surface area contributed by atoms with Crippen LogP contribution in [0.3, 0.4) is 0 Å². The summed E-state index contributed by atoms with van der Waals surface area (Å²) in [4.78, 5) is 14.7. The predicted octanol–water partition coefficient (Wildman–Crippen LogP) is 3.18. The molecule has 1 heterocycles. The summed E-state index contributed by atoms with van der Waals surface area (Å²) in [6, 6.07) is 19.8. The van der Waals surface area contributed by atoms with Gasteiger partial charge in [-0.3, -0.25) is 0 Å². The maximum Gasteiger partial charge on any atom is 0.335 e. The number of hydrogen-bond acceptors (Lipinski definition) is 5. The monoisotopic (exact) mass is 425 g/mol. The molecule has 3 rings (SSSR count). The van der Waals surface area contributed by atoms with Gasteiger partial charge in [0.1, 0.15) is 6.04 Å². The molecule has 2 aromatic carbocycles. The van der Waals surface area contributed by atoms with Gasteiger partial charge in [0.15, 0.2) is 6.10 Å². The van der Waals surface area contributed by atoms with Crippen LogP contribution in [0.25, 0.3) is 10.4 Å². The van der Waals surface area contributed by atoms with E-state index in [-0.39, 0.29) is 11.6 Å². The third-order valence-electron chi connectivity index (χ3n) is 5.51. The molecule has 0 N–H and O–H groups in total. The summed E-state index contributed by atoms with van der Waals surface area (Å²) in [5, 5.41) is 5.87. The first-order valence-electron chi connectivity index (χ1n) is 9.87. The van der Waals surface area contributed by atoms with Crippen LogP contribution in [0, 0.1) is 0 Å². The van der Waals surface area contributed by atoms with E-state index in [9.17, 15) is 4.79 Å². The lowest BCUT2D eigenvalue weighted by molar-refractivity contribution is -0.194. The van der Waals surface area contributed by atoms with Gasteiger partial charge in [0.05, 0.1) is 19.8 Å². The Labute approximate surface area is 177 Å². The molecule has 1 fully saturated rings. The number of rotatable bonds is 7. The topological polar surface area (TPSA) is 93.5 Å². The molecule has 3 atom stereocenters. The fourth-order valence-corrected chi connectivity index (χ4v) is 8.64. The Morgan fingerprint density at radius 3 is 2.07 bits per heavy atom. The molecule has 7 nitrogen and oxygen atoms in total. The zero-order valence-corrected chi connectivity index (χ0v) is 18.7. The van der Waals surface area contributed by atoms with Crippen molar-refractivity contribution in [2.75, 3.05) is 13.7 Å². The summed E-state index contributed by atoms with van der Waals surface area (Å²) >= 11 is 0. The average molecular weight is 426 g/mol. The molecule has 0 saturated carbocycles. The Morgan fingerprint density at radius 1 is 1.10 bits per heavy atom. The van der Waals surface area contributed by atoms with Gasteiger partial charge in [-0.15, -0.1) is 0 Å². The standard InChI is InChI=1S/C22H27N3O4Si/c1-22(2,3)30(16-11-7-5-8-12-16,17-13-9-6-10-14-17)28-15-18-19(24-25-23)20(29-18)21(26)27-4/h5-14,18-20H,15H2,1-4H3/t18-,19-,20+/m1/s1. The van der Waals surface area contributed by atoms with Crippen molar-refractivity contribution in [2.45, 2.75) is 44.1 Å². The van der Waals surface area contributed by atoms with Crippen molar-refractivity contribution in [2.24, 2.45) is 5.11 Å². The second kappa shape index (κ2) is 9.02. The number of azide groups is 1. The smallest absolute Gasteiger partial charge is 0.335 e. The summed E-state index contributed by atoms with van der Waals surface area (Å²) in [7, 11) is -1.45. The Kier molecular flexibility index (Phi) is 6.63. The van der Waals surface area contributed by atoms with Crippen LogP contribution in [0.15, 0.2) is 65.8 Å². The van der Waals surface area contributed by atoms with Gasteiger partial charge in [0.2, 0.25) is 0 Å². The van der Waals surface area contributed by atoms with Crippen LogP contribution in [-0.2, 0) is 18.7 Å². The van der Waals surface area contributed by atoms with E-state index in [0.29, 0.717) is 0 Å². The van der Waals surface area contributed by atoms with Crippen LogP contribution >= 0.6 is 0 Å². The first-order chi connectivity index (χ1) is 14.3. The fourth-order valence-electron chi connectivity index (χ4n) is 4.07. The summed E-state index contributed by atoms with van der Waals surface area (Å²) in [6.07, 6.45) is -1.40. The predicted molar refractivity (Wildman–Crippen MR) is 117 cm³/mol. The molecule has 0 amide bonds. The molecule has 0 aromatic heterocycles. The van der Waals surface area contributed by atoms with Crippen LogP contribution in [0.1, 0.15) is 20.8 Å². The average Bonchev–Trinajstić information content (AvgIpc) is 2.74. The van der Waals surface area contributed by atoms with Crippen molar-refractivity contribution in [1.29, 1.82) is 0 Å². The maximum atomic E-state index is 11.9. The molecule has 1 saturated heterocycles. The highest BCUT2D eigenvalue weighted by atomic mass is 28.4. The van der Waals surface area contributed by atoms with E-state index in [0.717, 1.165) is 10.4 Å². The Balaban J connectivity index is 1.96. The molecule has 0 bridgehead atoms. The van der Waals surface area contributed by atoms with Crippen molar-refractivity contribution in [3.63, 3.8) is 0 Å². The summed E-state index contributed by atoms with van der Waals surface area (Å²) < 4.78 is 17.2. The molecule has 0 spiro atoms. The Morgan fingerprint density at radius 2 is 1.63 bits per heavy atom. The Hall–Kier alpha value is -2.64. The zero-order chi connectivity index (χ0) is 21.8. The molecule has 1 aliphatic rings. The molecule has 0 aliphatic carbocycles. The maximum absolute atomic E-state index is 11.9. The molecule has 1 aliphatic heterocycles. The number of nitrogens with zero attached hydrogens (tertiary/aromatic N) is 3. The number of esters is 1. The van der Waals surface area contributed by atoms with E-state index < -0.39 is 32.5 Å². The normalized spacial score (nSPS) is 21.3. The summed E-state index contributed by atoms with van der Waals surface area (Å²) in [5.41, 5.74) is 8.92. The number of benzene rings is 2. The van der Waals surface area contributed by atoms with Crippen LogP contribution in [0.2, 0.25) is 5.04 Å². The van der Waals surface area contributed by atoms with Gasteiger partial charge in [0.25, 0.3) is 8.32 Å². The first-order valence-corrected chi connectivity index (χ1v) is 11.8. The van der Waals surface area contributed by atoms with Gasteiger partial charge in [-0.05, 0) is 20.9 Å². The molecular weight excluding hydrogens is 398 g/mol. The largest absolute Gasteiger partial charge is 0.467 e. The number of hydrogen-bond donors (Lipinski definition) is 0. The van der Waals surface area contributed by atoms with E-state index in [1.165, 1.54) is 7.11 Å². The Bertz CT molecular complexity index is 871. The number of methoxy groups -OCH3 is 1. The molecule has 0 radical (unpaired) electrons. The van der Waals surface area contributed by atoms with E-state index >= 15 is 0 Å². The van der Waals surface area contributed by atoms with Crippen molar-refractivity contribution >= 4 is 24.7 Å². The number of ether oxygens (including phenoxy) is 2. The van der Waals surface area contributed by atoms with Gasteiger partial charge in [-0.25, -0.2) is 4.79 Å². The van der Waals surface area contributed by atoms with E-state index in [2.05, 4.69) is 55.1 Å². The van der Waals surface area contributed by atoms with Crippen LogP contribution in [0.4, 0.5) is 0 Å². The highest BCUT2D eigenvalue weighted by Gasteiger charge is 2.53. The lowest BCUT2D eigenvalue weighted by Crippen LogP contribution is -2.68. The molecule has 8 heteroatoms. The third-order valence-corrected chi connectivity index (χ3v) is 10.5. The van der Waals surface area contributed by atoms with Crippen LogP contribution < -0.4 is 10.4 Å². The van der Waals surface area contributed by atoms with Crippen molar-refractivity contribution < 1.29 is 18.7 Å². The minimum atomic E-state index is -2.74. The fraction of sp³-hybridized carbons (Fsp3) is 0.409. The number of carbonyl (C=O) groups is 1. The SMILES string of the molecule is COC(=O)[C@H]1O[C@H](CO[Si](c2ccccc2)(c2ccccc2)C(C)(C)C)[C@H]1N=[N+]=[N-]. The minimum Gasteiger partial charge on any atom is -0.467 e. The molecule has 0 unspecified atom stereocenters. The lowest BCUT2D eigenvalue weighted by Gasteiger charge is -2.46. The van der Waals surface area contributed by atoms with E-state index in [1.54, 1.807) is 0 Å². The summed E-state index contributed by atoms with van der Waals surface area (Å²) in [6.45, 7) is 6.76. The summed E-state index contributed by atoms with van der Waals surface area (Å²) in [5.74, 6) is -0.547. The van der Waals surface area contributed by atoms with Gasteiger partial charge >= 0.3 is 5.97 Å². The van der Waals surface area contributed by atoms with Gasteiger partial charge in [-0.2, -0.15) is 0 Å². The second-order valence-corrected chi connectivity index (χ2v) is 12.6. The lowest BCUT2D eigenvalue weighted by atomic mass is 9.99. The third kappa shape index (κ3) is 4.00. The van der Waals surface area contributed by atoms with Gasteiger partial charge < -0.3 is 13.9 Å². The molecular formula is C22H27N3O4Si. The highest BCUT2D eigenvalue weighted by molar-refractivity contribution is 6.99. The minimum absolute atomic E-state index is 0.185. The first kappa shape index (κ1) is 22.1. The van der Waals surface area contributed by atoms with E-state index in [4.69, 9.17) is 19.4 Å². The molecule has 30 heavy (non-hydrogen) atoms. The van der Waals surface area contributed by atoms with Crippen molar-refractivity contribution in [3.8, 4) is 0 Å². The highest BCUT2D eigenvalue weighted by Crippen LogP contribution is 2.38. The van der Waals surface area contributed by atoms with Crippen molar-refractivity contribution in [1.82, 2.24) is 0 Å². The van der Waals surface area contributed by atoms with Crippen LogP contribution in [0.5, 0.6) is 0 Å². The van der Waals surface area contributed by atoms with Crippen molar-refractivity contribution in [3.05, 3.63) is 71.1 Å². The molecule has 2 aromatic rings.